The molecule has 0 spiro atoms. The quantitative estimate of drug-likeness (QED) is 0.554. The average Bonchev–Trinajstić information content (AvgIpc) is 3.09. The van der Waals surface area contributed by atoms with Crippen LogP contribution in [0.2, 0.25) is 0 Å². The highest BCUT2D eigenvalue weighted by molar-refractivity contribution is 5.82. The molecule has 2 amide bonds. The van der Waals surface area contributed by atoms with Gasteiger partial charge < -0.3 is 20.1 Å². The van der Waals surface area contributed by atoms with Crippen molar-refractivity contribution in [2.24, 2.45) is 5.92 Å². The second-order valence-electron chi connectivity index (χ2n) is 7.97. The molecule has 0 saturated heterocycles. The summed E-state index contributed by atoms with van der Waals surface area (Å²) in [7, 11) is 0. The molecule has 1 unspecified atom stereocenters. The maximum absolute atomic E-state index is 12.3. The van der Waals surface area contributed by atoms with Crippen LogP contribution in [-0.2, 0) is 14.3 Å². The topological polar surface area (TPSA) is 95.9 Å². The SMILES string of the molecule is C=CCN(CC(=O)O)C(=O)CC(C)CNC(=O)OCC1c2ccccc2-c2ccccc21. The Bertz CT molecular complexity index is 958. The number of nitrogens with zero attached hydrogens (tertiary/aromatic N) is 1. The van der Waals surface area contributed by atoms with Crippen molar-refractivity contribution in [3.8, 4) is 11.1 Å². The summed E-state index contributed by atoms with van der Waals surface area (Å²) < 4.78 is 5.50. The van der Waals surface area contributed by atoms with Gasteiger partial charge in [0.25, 0.3) is 0 Å². The van der Waals surface area contributed by atoms with Gasteiger partial charge in [-0.25, -0.2) is 4.79 Å². The lowest BCUT2D eigenvalue weighted by Crippen LogP contribution is -2.38. The van der Waals surface area contributed by atoms with Gasteiger partial charge >= 0.3 is 12.1 Å². The smallest absolute Gasteiger partial charge is 0.407 e. The van der Waals surface area contributed by atoms with Crippen molar-refractivity contribution in [3.05, 3.63) is 72.3 Å². The lowest BCUT2D eigenvalue weighted by Gasteiger charge is -2.21. The van der Waals surface area contributed by atoms with Crippen molar-refractivity contribution in [1.82, 2.24) is 10.2 Å². The largest absolute Gasteiger partial charge is 0.480 e. The van der Waals surface area contributed by atoms with Crippen LogP contribution >= 0.6 is 0 Å². The Morgan fingerprint density at radius 2 is 1.72 bits per heavy atom. The van der Waals surface area contributed by atoms with E-state index in [9.17, 15) is 14.4 Å². The first-order valence-electron chi connectivity index (χ1n) is 10.6. The zero-order valence-electron chi connectivity index (χ0n) is 18.1. The molecule has 1 aliphatic carbocycles. The van der Waals surface area contributed by atoms with Crippen molar-refractivity contribution in [2.45, 2.75) is 19.3 Å². The Hall–Kier alpha value is -3.61. The van der Waals surface area contributed by atoms with Crippen LogP contribution in [0, 0.1) is 5.92 Å². The summed E-state index contributed by atoms with van der Waals surface area (Å²) in [5, 5.41) is 11.6. The molecule has 0 aromatic heterocycles. The van der Waals surface area contributed by atoms with E-state index in [4.69, 9.17) is 9.84 Å². The zero-order chi connectivity index (χ0) is 23.1. The number of alkyl carbamates (subject to hydrolysis) is 1. The molecular weight excluding hydrogens is 408 g/mol. The molecular formula is C25H28N2O5. The van der Waals surface area contributed by atoms with Crippen molar-refractivity contribution in [2.75, 3.05) is 26.2 Å². The molecule has 1 atom stereocenters. The van der Waals surface area contributed by atoms with E-state index in [2.05, 4.69) is 36.2 Å². The van der Waals surface area contributed by atoms with E-state index >= 15 is 0 Å². The van der Waals surface area contributed by atoms with Crippen LogP contribution in [0.5, 0.6) is 0 Å². The highest BCUT2D eigenvalue weighted by Crippen LogP contribution is 2.44. The summed E-state index contributed by atoms with van der Waals surface area (Å²) in [5.74, 6) is -1.57. The summed E-state index contributed by atoms with van der Waals surface area (Å²) in [6.07, 6.45) is 1.06. The fraction of sp³-hybridized carbons (Fsp3) is 0.320. The molecule has 168 valence electrons. The highest BCUT2D eigenvalue weighted by Gasteiger charge is 2.29. The number of rotatable bonds is 10. The number of aliphatic carboxylic acids is 1. The van der Waals surface area contributed by atoms with Crippen molar-refractivity contribution in [1.29, 1.82) is 0 Å². The van der Waals surface area contributed by atoms with Gasteiger partial charge in [-0.1, -0.05) is 61.5 Å². The van der Waals surface area contributed by atoms with Gasteiger partial charge in [0.05, 0.1) is 0 Å². The standard InChI is InChI=1S/C25H28N2O5/c1-3-12-27(15-24(29)30)23(28)13-17(2)14-26-25(31)32-16-22-20-10-6-4-8-18(20)19-9-5-7-11-21(19)22/h3-11,17,22H,1,12-16H2,2H3,(H,26,31)(H,29,30). The number of ether oxygens (including phenoxy) is 1. The lowest BCUT2D eigenvalue weighted by molar-refractivity contribution is -0.144. The summed E-state index contributed by atoms with van der Waals surface area (Å²) in [4.78, 5) is 36.7. The van der Waals surface area contributed by atoms with Gasteiger partial charge in [0.2, 0.25) is 5.91 Å². The third-order valence-electron chi connectivity index (χ3n) is 5.49. The number of carboxylic acid groups (broad SMARTS) is 1. The van der Waals surface area contributed by atoms with E-state index in [1.54, 1.807) is 0 Å². The number of hydrogen-bond donors (Lipinski definition) is 2. The third kappa shape index (κ3) is 5.55. The van der Waals surface area contributed by atoms with E-state index in [-0.39, 0.29) is 50.4 Å². The van der Waals surface area contributed by atoms with Crippen LogP contribution in [0.3, 0.4) is 0 Å². The first-order valence-corrected chi connectivity index (χ1v) is 10.6. The first-order chi connectivity index (χ1) is 15.4. The molecule has 2 aromatic rings. The molecule has 0 radical (unpaired) electrons. The predicted molar refractivity (Wildman–Crippen MR) is 121 cm³/mol. The fourth-order valence-corrected chi connectivity index (χ4v) is 3.98. The molecule has 7 nitrogen and oxygen atoms in total. The van der Waals surface area contributed by atoms with Gasteiger partial charge in [0.15, 0.2) is 0 Å². The van der Waals surface area contributed by atoms with Crippen molar-refractivity contribution in [3.63, 3.8) is 0 Å². The Morgan fingerprint density at radius 3 is 2.28 bits per heavy atom. The van der Waals surface area contributed by atoms with Gasteiger partial charge in [-0.15, -0.1) is 6.58 Å². The molecule has 0 aliphatic heterocycles. The molecule has 7 heteroatoms. The molecule has 3 rings (SSSR count). The molecule has 1 aliphatic rings. The van der Waals surface area contributed by atoms with E-state index in [1.165, 1.54) is 11.0 Å². The van der Waals surface area contributed by atoms with Crippen LogP contribution in [0.1, 0.15) is 30.4 Å². The number of carbonyl (C=O) groups excluding carboxylic acids is 2. The Kier molecular flexibility index (Phi) is 7.65. The monoisotopic (exact) mass is 436 g/mol. The van der Waals surface area contributed by atoms with Crippen molar-refractivity contribution >= 4 is 18.0 Å². The van der Waals surface area contributed by atoms with Crippen molar-refractivity contribution < 1.29 is 24.2 Å². The Balaban J connectivity index is 1.50. The van der Waals surface area contributed by atoms with E-state index in [0.29, 0.717) is 0 Å². The van der Waals surface area contributed by atoms with Gasteiger partial charge in [0, 0.05) is 25.4 Å². The van der Waals surface area contributed by atoms with E-state index in [0.717, 1.165) is 22.3 Å². The van der Waals surface area contributed by atoms with Crippen LogP contribution in [0.4, 0.5) is 4.79 Å². The number of nitrogens with one attached hydrogen (secondary N) is 1. The van der Waals surface area contributed by atoms with Gasteiger partial charge in [-0.2, -0.15) is 0 Å². The maximum Gasteiger partial charge on any atom is 0.407 e. The Labute approximate surface area is 187 Å². The fourth-order valence-electron chi connectivity index (χ4n) is 3.98. The molecule has 2 aromatic carbocycles. The van der Waals surface area contributed by atoms with Crippen LogP contribution in [-0.4, -0.2) is 54.2 Å². The minimum absolute atomic E-state index is 0.0179. The van der Waals surface area contributed by atoms with E-state index < -0.39 is 12.1 Å². The number of carbonyl (C=O) groups is 3. The minimum atomic E-state index is -1.08. The molecule has 0 bridgehead atoms. The predicted octanol–water partition coefficient (Wildman–Crippen LogP) is 3.65. The maximum atomic E-state index is 12.3. The normalized spacial score (nSPS) is 12.9. The average molecular weight is 437 g/mol. The number of benzene rings is 2. The summed E-state index contributed by atoms with van der Waals surface area (Å²) >= 11 is 0. The van der Waals surface area contributed by atoms with Gasteiger partial charge in [-0.05, 0) is 28.2 Å². The molecule has 2 N–H and O–H groups in total. The third-order valence-corrected chi connectivity index (χ3v) is 5.49. The number of amides is 2. The first kappa shape index (κ1) is 23.1. The van der Waals surface area contributed by atoms with Gasteiger partial charge in [0.1, 0.15) is 13.2 Å². The lowest BCUT2D eigenvalue weighted by atomic mass is 9.98. The molecule has 0 fully saturated rings. The second kappa shape index (κ2) is 10.6. The highest BCUT2D eigenvalue weighted by atomic mass is 16.5. The molecule has 32 heavy (non-hydrogen) atoms. The van der Waals surface area contributed by atoms with Crippen LogP contribution < -0.4 is 5.32 Å². The second-order valence-corrected chi connectivity index (χ2v) is 7.97. The number of hydrogen-bond acceptors (Lipinski definition) is 4. The van der Waals surface area contributed by atoms with Crippen LogP contribution in [0.15, 0.2) is 61.2 Å². The summed E-state index contributed by atoms with van der Waals surface area (Å²) in [5.41, 5.74) is 4.60. The molecule has 0 heterocycles. The zero-order valence-corrected chi connectivity index (χ0v) is 18.1. The molecule has 0 saturated carbocycles. The van der Waals surface area contributed by atoms with Crippen LogP contribution in [0.25, 0.3) is 11.1 Å². The van der Waals surface area contributed by atoms with Gasteiger partial charge in [-0.3, -0.25) is 9.59 Å². The summed E-state index contributed by atoms with van der Waals surface area (Å²) in [6, 6.07) is 16.2. The number of carboxylic acids is 1. The number of fused-ring (bicyclic) bond motifs is 3. The minimum Gasteiger partial charge on any atom is -0.480 e. The summed E-state index contributed by atoms with van der Waals surface area (Å²) in [6.45, 7) is 5.62. The van der Waals surface area contributed by atoms with E-state index in [1.807, 2.05) is 31.2 Å². The Morgan fingerprint density at radius 1 is 1.12 bits per heavy atom.